The molecule has 3 atom stereocenters. The second-order valence-electron chi connectivity index (χ2n) is 7.38. The SMILES string of the molecule is COCC(=O)N[C@H]1[C@H](c2ccccc2)N(Cc2ccncc2F)CC[C@@]1(C)O. The van der Waals surface area contributed by atoms with Gasteiger partial charge < -0.3 is 15.2 Å². The standard InChI is InChI=1S/C21H26FN3O3/c1-21(27)9-11-25(13-16-8-10-23-12-17(16)22)19(15-6-4-3-5-7-15)20(21)24-18(26)14-28-2/h3-8,10,12,19-20,27H,9,11,13-14H2,1-2H3,(H,24,26)/t19-,20-,21+/m0/s1. The van der Waals surface area contributed by atoms with E-state index in [-0.39, 0.29) is 24.4 Å². The van der Waals surface area contributed by atoms with Gasteiger partial charge in [0.2, 0.25) is 5.91 Å². The highest BCUT2D eigenvalue weighted by atomic mass is 19.1. The van der Waals surface area contributed by atoms with E-state index in [2.05, 4.69) is 15.2 Å². The molecule has 150 valence electrons. The number of aliphatic hydroxyl groups is 1. The van der Waals surface area contributed by atoms with E-state index < -0.39 is 11.6 Å². The predicted octanol–water partition coefficient (Wildman–Crippen LogP) is 2.05. The van der Waals surface area contributed by atoms with E-state index in [0.29, 0.717) is 25.1 Å². The number of methoxy groups -OCH3 is 1. The molecule has 0 bridgehead atoms. The molecule has 0 aliphatic carbocycles. The molecule has 1 aromatic carbocycles. The lowest BCUT2D eigenvalue weighted by Crippen LogP contribution is -2.62. The van der Waals surface area contributed by atoms with Crippen molar-refractivity contribution in [3.8, 4) is 0 Å². The van der Waals surface area contributed by atoms with Gasteiger partial charge in [0.05, 0.1) is 23.9 Å². The van der Waals surface area contributed by atoms with Crippen LogP contribution < -0.4 is 5.32 Å². The minimum Gasteiger partial charge on any atom is -0.388 e. The highest BCUT2D eigenvalue weighted by Gasteiger charge is 2.46. The van der Waals surface area contributed by atoms with Crippen molar-refractivity contribution in [1.82, 2.24) is 15.2 Å². The Morgan fingerprint density at radius 2 is 2.14 bits per heavy atom. The lowest BCUT2D eigenvalue weighted by molar-refractivity contribution is -0.132. The highest BCUT2D eigenvalue weighted by molar-refractivity contribution is 5.77. The fraction of sp³-hybridized carbons (Fsp3) is 0.429. The lowest BCUT2D eigenvalue weighted by Gasteiger charge is -2.49. The van der Waals surface area contributed by atoms with E-state index in [1.54, 1.807) is 19.2 Å². The summed E-state index contributed by atoms with van der Waals surface area (Å²) >= 11 is 0. The quantitative estimate of drug-likeness (QED) is 0.794. The van der Waals surface area contributed by atoms with Crippen LogP contribution >= 0.6 is 0 Å². The fourth-order valence-electron chi connectivity index (χ4n) is 3.78. The maximum atomic E-state index is 14.2. The van der Waals surface area contributed by atoms with E-state index in [0.717, 1.165) is 5.56 Å². The zero-order valence-electron chi connectivity index (χ0n) is 16.1. The van der Waals surface area contributed by atoms with Gasteiger partial charge in [0.15, 0.2) is 0 Å². The first kappa shape index (κ1) is 20.4. The smallest absolute Gasteiger partial charge is 0.246 e. The molecule has 1 fully saturated rings. The Morgan fingerprint density at radius 1 is 1.39 bits per heavy atom. The van der Waals surface area contributed by atoms with E-state index in [1.807, 2.05) is 30.3 Å². The van der Waals surface area contributed by atoms with E-state index in [1.165, 1.54) is 13.3 Å². The second kappa shape index (κ2) is 8.77. The molecule has 6 nitrogen and oxygen atoms in total. The molecule has 2 N–H and O–H groups in total. The minimum atomic E-state index is -1.11. The summed E-state index contributed by atoms with van der Waals surface area (Å²) in [6.07, 6.45) is 3.21. The van der Waals surface area contributed by atoms with Gasteiger partial charge in [-0.3, -0.25) is 14.7 Å². The number of nitrogens with zero attached hydrogens (tertiary/aromatic N) is 2. The van der Waals surface area contributed by atoms with Gasteiger partial charge in [0, 0.05) is 32.0 Å². The van der Waals surface area contributed by atoms with Gasteiger partial charge in [0.1, 0.15) is 12.4 Å². The second-order valence-corrected chi connectivity index (χ2v) is 7.38. The van der Waals surface area contributed by atoms with Crippen LogP contribution in [0.25, 0.3) is 0 Å². The Labute approximate surface area is 164 Å². The predicted molar refractivity (Wildman–Crippen MR) is 103 cm³/mol. The summed E-state index contributed by atoms with van der Waals surface area (Å²) in [5, 5.41) is 14.0. The summed E-state index contributed by atoms with van der Waals surface area (Å²) in [5.41, 5.74) is 0.357. The number of piperidine rings is 1. The first-order valence-corrected chi connectivity index (χ1v) is 9.30. The number of carbonyl (C=O) groups excluding carboxylic acids is 1. The number of aromatic nitrogens is 1. The fourth-order valence-corrected chi connectivity index (χ4v) is 3.78. The Kier molecular flexibility index (Phi) is 6.39. The van der Waals surface area contributed by atoms with Crippen LogP contribution in [-0.2, 0) is 16.1 Å². The van der Waals surface area contributed by atoms with Crippen LogP contribution in [0.2, 0.25) is 0 Å². The summed E-state index contributed by atoms with van der Waals surface area (Å²) in [7, 11) is 1.45. The molecule has 2 heterocycles. The summed E-state index contributed by atoms with van der Waals surface area (Å²) in [5.74, 6) is -0.669. The van der Waals surface area contributed by atoms with Crippen LogP contribution in [0.1, 0.15) is 30.5 Å². The molecule has 2 aromatic rings. The number of hydrogen-bond donors (Lipinski definition) is 2. The van der Waals surface area contributed by atoms with E-state index in [4.69, 9.17) is 4.74 Å². The number of ether oxygens (including phenoxy) is 1. The number of amides is 1. The number of carbonyl (C=O) groups is 1. The van der Waals surface area contributed by atoms with Crippen molar-refractivity contribution < 1.29 is 19.0 Å². The third-order valence-electron chi connectivity index (χ3n) is 5.25. The van der Waals surface area contributed by atoms with Crippen LogP contribution in [-0.4, -0.2) is 52.8 Å². The summed E-state index contributed by atoms with van der Waals surface area (Å²) in [6.45, 7) is 2.55. The number of halogens is 1. The molecule has 0 saturated carbocycles. The van der Waals surface area contributed by atoms with Gasteiger partial charge in [-0.05, 0) is 25.0 Å². The van der Waals surface area contributed by atoms with Crippen LogP contribution in [0.5, 0.6) is 0 Å². The third kappa shape index (κ3) is 4.55. The summed E-state index contributed by atoms with van der Waals surface area (Å²) in [4.78, 5) is 18.2. The molecule has 7 heteroatoms. The number of pyridine rings is 1. The van der Waals surface area contributed by atoms with Crippen molar-refractivity contribution in [3.63, 3.8) is 0 Å². The highest BCUT2D eigenvalue weighted by Crippen LogP contribution is 2.38. The van der Waals surface area contributed by atoms with Crippen molar-refractivity contribution in [2.75, 3.05) is 20.3 Å². The zero-order chi connectivity index (χ0) is 20.1. The van der Waals surface area contributed by atoms with Crippen molar-refractivity contribution in [2.45, 2.75) is 37.6 Å². The Bertz CT molecular complexity index is 800. The largest absolute Gasteiger partial charge is 0.388 e. The minimum absolute atomic E-state index is 0.0902. The van der Waals surface area contributed by atoms with Crippen molar-refractivity contribution in [3.05, 3.63) is 65.7 Å². The van der Waals surface area contributed by atoms with Gasteiger partial charge >= 0.3 is 0 Å². The molecule has 1 amide bonds. The molecular formula is C21H26FN3O3. The maximum absolute atomic E-state index is 14.2. The van der Waals surface area contributed by atoms with Gasteiger partial charge in [-0.1, -0.05) is 30.3 Å². The van der Waals surface area contributed by atoms with Crippen molar-refractivity contribution in [1.29, 1.82) is 0 Å². The Balaban J connectivity index is 1.96. The van der Waals surface area contributed by atoms with Crippen LogP contribution in [0.15, 0.2) is 48.8 Å². The molecule has 1 aliphatic heterocycles. The van der Waals surface area contributed by atoms with Crippen LogP contribution in [0, 0.1) is 5.82 Å². The third-order valence-corrected chi connectivity index (χ3v) is 5.25. The topological polar surface area (TPSA) is 74.7 Å². The maximum Gasteiger partial charge on any atom is 0.246 e. The molecular weight excluding hydrogens is 361 g/mol. The Morgan fingerprint density at radius 3 is 2.82 bits per heavy atom. The molecule has 28 heavy (non-hydrogen) atoms. The molecule has 1 saturated heterocycles. The average molecular weight is 387 g/mol. The number of nitrogens with one attached hydrogen (secondary N) is 1. The van der Waals surface area contributed by atoms with Gasteiger partial charge in [-0.15, -0.1) is 0 Å². The molecule has 0 spiro atoms. The van der Waals surface area contributed by atoms with Gasteiger partial charge in [-0.2, -0.15) is 0 Å². The van der Waals surface area contributed by atoms with E-state index >= 15 is 0 Å². The molecule has 1 aliphatic rings. The average Bonchev–Trinajstić information content (AvgIpc) is 2.67. The monoisotopic (exact) mass is 387 g/mol. The number of benzene rings is 1. The number of likely N-dealkylation sites (tertiary alicyclic amines) is 1. The van der Waals surface area contributed by atoms with E-state index in [9.17, 15) is 14.3 Å². The van der Waals surface area contributed by atoms with Crippen molar-refractivity contribution >= 4 is 5.91 Å². The summed E-state index contributed by atoms with van der Waals surface area (Å²) < 4.78 is 19.1. The first-order valence-electron chi connectivity index (χ1n) is 9.30. The number of hydrogen-bond acceptors (Lipinski definition) is 5. The first-order chi connectivity index (χ1) is 13.4. The molecule has 3 rings (SSSR count). The van der Waals surface area contributed by atoms with Crippen LogP contribution in [0.4, 0.5) is 4.39 Å². The Hall–Kier alpha value is -2.35. The zero-order valence-corrected chi connectivity index (χ0v) is 16.1. The normalized spacial score (nSPS) is 25.4. The number of rotatable bonds is 6. The van der Waals surface area contributed by atoms with Crippen LogP contribution in [0.3, 0.4) is 0 Å². The molecule has 0 unspecified atom stereocenters. The molecule has 1 aromatic heterocycles. The molecule has 0 radical (unpaired) electrons. The summed E-state index contributed by atoms with van der Waals surface area (Å²) in [6, 6.07) is 10.4. The van der Waals surface area contributed by atoms with Gasteiger partial charge in [0.25, 0.3) is 0 Å². The lowest BCUT2D eigenvalue weighted by atomic mass is 9.79. The van der Waals surface area contributed by atoms with Gasteiger partial charge in [-0.25, -0.2) is 4.39 Å². The van der Waals surface area contributed by atoms with Crippen molar-refractivity contribution in [2.24, 2.45) is 0 Å².